The van der Waals surface area contributed by atoms with Crippen molar-refractivity contribution in [3.63, 3.8) is 0 Å². The highest BCUT2D eigenvalue weighted by atomic mass is 16.2. The molecule has 0 aliphatic rings. The number of hydrogen-bond acceptors (Lipinski definition) is 3. The lowest BCUT2D eigenvalue weighted by atomic mass is 10.0. The van der Waals surface area contributed by atoms with Gasteiger partial charge in [-0.2, -0.15) is 0 Å². The molecule has 0 aromatic carbocycles. The van der Waals surface area contributed by atoms with Crippen molar-refractivity contribution in [1.82, 2.24) is 10.3 Å². The van der Waals surface area contributed by atoms with E-state index in [4.69, 9.17) is 0 Å². The maximum Gasteiger partial charge on any atom is 0.247 e. The highest BCUT2D eigenvalue weighted by Gasteiger charge is 2.22. The Labute approximate surface area is 101 Å². The van der Waals surface area contributed by atoms with Crippen LogP contribution in [0.4, 0.5) is 5.69 Å². The molecule has 92 valence electrons. The van der Waals surface area contributed by atoms with E-state index in [1.54, 1.807) is 24.5 Å². The van der Waals surface area contributed by atoms with Crippen LogP contribution in [0.15, 0.2) is 24.5 Å². The molecule has 0 aliphatic carbocycles. The number of rotatable bonds is 4. The summed E-state index contributed by atoms with van der Waals surface area (Å²) < 4.78 is 0. The van der Waals surface area contributed by atoms with Crippen LogP contribution in [0, 0.1) is 5.92 Å². The lowest BCUT2D eigenvalue weighted by Crippen LogP contribution is -2.46. The fraction of sp³-hybridized carbons (Fsp3) is 0.417. The molecule has 0 bridgehead atoms. The van der Waals surface area contributed by atoms with Crippen LogP contribution in [-0.2, 0) is 9.59 Å². The van der Waals surface area contributed by atoms with Crippen molar-refractivity contribution in [1.29, 1.82) is 0 Å². The zero-order chi connectivity index (χ0) is 12.8. The molecule has 2 amide bonds. The summed E-state index contributed by atoms with van der Waals surface area (Å²) >= 11 is 0. The van der Waals surface area contributed by atoms with Crippen LogP contribution < -0.4 is 10.6 Å². The van der Waals surface area contributed by atoms with Crippen LogP contribution in [0.5, 0.6) is 0 Å². The number of anilines is 1. The van der Waals surface area contributed by atoms with Crippen LogP contribution in [0.2, 0.25) is 0 Å². The molecule has 0 radical (unpaired) electrons. The molecule has 0 spiro atoms. The van der Waals surface area contributed by atoms with Crippen LogP contribution in [0.25, 0.3) is 0 Å². The topological polar surface area (TPSA) is 71.1 Å². The number of pyridine rings is 1. The standard InChI is InChI=1S/C12H17N3O2/c1-8(2)11(14-9(3)16)12(17)15-10-4-6-13-7-5-10/h4-8,11H,1-3H3,(H,14,16)(H,13,15,17). The fourth-order valence-corrected chi connectivity index (χ4v) is 1.41. The Kier molecular flexibility index (Phi) is 4.63. The van der Waals surface area contributed by atoms with Crippen molar-refractivity contribution in [3.05, 3.63) is 24.5 Å². The molecule has 0 saturated carbocycles. The maximum absolute atomic E-state index is 11.9. The van der Waals surface area contributed by atoms with Crippen molar-refractivity contribution in [2.24, 2.45) is 5.92 Å². The summed E-state index contributed by atoms with van der Waals surface area (Å²) in [6, 6.07) is 2.87. The first kappa shape index (κ1) is 13.2. The van der Waals surface area contributed by atoms with E-state index in [0.717, 1.165) is 0 Å². The lowest BCUT2D eigenvalue weighted by molar-refractivity contribution is -0.126. The summed E-state index contributed by atoms with van der Waals surface area (Å²) in [5.74, 6) is -0.407. The number of aromatic nitrogens is 1. The van der Waals surface area contributed by atoms with E-state index in [1.807, 2.05) is 13.8 Å². The Morgan fingerprint density at radius 3 is 2.29 bits per heavy atom. The monoisotopic (exact) mass is 235 g/mol. The average Bonchev–Trinajstić information content (AvgIpc) is 2.26. The van der Waals surface area contributed by atoms with Crippen molar-refractivity contribution >= 4 is 17.5 Å². The SMILES string of the molecule is CC(=O)NC(C(=O)Nc1ccncc1)C(C)C. The molecule has 2 N–H and O–H groups in total. The van der Waals surface area contributed by atoms with E-state index < -0.39 is 6.04 Å². The first-order valence-corrected chi connectivity index (χ1v) is 5.48. The normalized spacial score (nSPS) is 12.0. The third kappa shape index (κ3) is 4.22. The summed E-state index contributed by atoms with van der Waals surface area (Å²) in [6.07, 6.45) is 3.19. The van der Waals surface area contributed by atoms with Gasteiger partial charge in [-0.15, -0.1) is 0 Å². The summed E-state index contributed by atoms with van der Waals surface area (Å²) in [5.41, 5.74) is 0.668. The maximum atomic E-state index is 11.9. The van der Waals surface area contributed by atoms with Gasteiger partial charge in [0.15, 0.2) is 0 Å². The Morgan fingerprint density at radius 2 is 1.82 bits per heavy atom. The predicted molar refractivity (Wildman–Crippen MR) is 65.3 cm³/mol. The zero-order valence-electron chi connectivity index (χ0n) is 10.2. The molecule has 1 heterocycles. The van der Waals surface area contributed by atoms with E-state index in [9.17, 15) is 9.59 Å². The van der Waals surface area contributed by atoms with Gasteiger partial charge in [0, 0.05) is 25.0 Å². The minimum Gasteiger partial charge on any atom is -0.344 e. The second-order valence-corrected chi connectivity index (χ2v) is 4.15. The van der Waals surface area contributed by atoms with Gasteiger partial charge >= 0.3 is 0 Å². The minimum atomic E-state index is -0.527. The molecule has 1 unspecified atom stereocenters. The van der Waals surface area contributed by atoms with Gasteiger partial charge < -0.3 is 10.6 Å². The Balaban J connectivity index is 2.69. The molecule has 0 fully saturated rings. The molecule has 1 atom stereocenters. The summed E-state index contributed by atoms with van der Waals surface area (Å²) in [4.78, 5) is 26.8. The van der Waals surface area contributed by atoms with Gasteiger partial charge in [0.1, 0.15) is 6.04 Å². The number of nitrogens with zero attached hydrogens (tertiary/aromatic N) is 1. The van der Waals surface area contributed by atoms with Crippen molar-refractivity contribution < 1.29 is 9.59 Å². The van der Waals surface area contributed by atoms with E-state index in [2.05, 4.69) is 15.6 Å². The number of carbonyl (C=O) groups excluding carboxylic acids is 2. The number of hydrogen-bond donors (Lipinski definition) is 2. The third-order valence-electron chi connectivity index (χ3n) is 2.26. The smallest absolute Gasteiger partial charge is 0.247 e. The average molecular weight is 235 g/mol. The van der Waals surface area contributed by atoms with E-state index in [0.29, 0.717) is 5.69 Å². The van der Waals surface area contributed by atoms with Crippen molar-refractivity contribution in [3.8, 4) is 0 Å². The van der Waals surface area contributed by atoms with Gasteiger partial charge in [0.25, 0.3) is 0 Å². The van der Waals surface area contributed by atoms with Crippen LogP contribution in [-0.4, -0.2) is 22.8 Å². The summed E-state index contributed by atoms with van der Waals surface area (Å²) in [7, 11) is 0. The molecule has 1 aromatic heterocycles. The molecule has 0 aliphatic heterocycles. The van der Waals surface area contributed by atoms with Gasteiger partial charge in [0.2, 0.25) is 11.8 Å². The van der Waals surface area contributed by atoms with Gasteiger partial charge in [-0.1, -0.05) is 13.8 Å². The molecule has 5 heteroatoms. The zero-order valence-corrected chi connectivity index (χ0v) is 10.2. The minimum absolute atomic E-state index is 0.0285. The lowest BCUT2D eigenvalue weighted by Gasteiger charge is -2.20. The van der Waals surface area contributed by atoms with Crippen molar-refractivity contribution in [2.75, 3.05) is 5.32 Å². The van der Waals surface area contributed by atoms with E-state index >= 15 is 0 Å². The van der Waals surface area contributed by atoms with Crippen molar-refractivity contribution in [2.45, 2.75) is 26.8 Å². The Bertz CT molecular complexity index is 390. The first-order chi connectivity index (χ1) is 8.00. The quantitative estimate of drug-likeness (QED) is 0.823. The summed E-state index contributed by atoms with van der Waals surface area (Å²) in [5, 5.41) is 5.37. The van der Waals surface area contributed by atoms with Crippen LogP contribution >= 0.6 is 0 Å². The van der Waals surface area contributed by atoms with Gasteiger partial charge in [-0.3, -0.25) is 14.6 Å². The van der Waals surface area contributed by atoms with Crippen LogP contribution in [0.3, 0.4) is 0 Å². The summed E-state index contributed by atoms with van der Waals surface area (Å²) in [6.45, 7) is 5.16. The second-order valence-electron chi connectivity index (χ2n) is 4.15. The molecule has 0 saturated heterocycles. The molecule has 1 rings (SSSR count). The third-order valence-corrected chi connectivity index (χ3v) is 2.26. The second kappa shape index (κ2) is 5.98. The predicted octanol–water partition coefficient (Wildman–Crippen LogP) is 1.18. The highest BCUT2D eigenvalue weighted by molar-refractivity contribution is 5.97. The highest BCUT2D eigenvalue weighted by Crippen LogP contribution is 2.08. The molecular formula is C12H17N3O2. The number of nitrogens with one attached hydrogen (secondary N) is 2. The van der Waals surface area contributed by atoms with Gasteiger partial charge in [-0.05, 0) is 18.1 Å². The molecular weight excluding hydrogens is 218 g/mol. The molecule has 5 nitrogen and oxygen atoms in total. The van der Waals surface area contributed by atoms with E-state index in [-0.39, 0.29) is 17.7 Å². The Morgan fingerprint density at radius 1 is 1.24 bits per heavy atom. The van der Waals surface area contributed by atoms with Crippen LogP contribution in [0.1, 0.15) is 20.8 Å². The number of carbonyl (C=O) groups is 2. The fourth-order valence-electron chi connectivity index (χ4n) is 1.41. The van der Waals surface area contributed by atoms with E-state index in [1.165, 1.54) is 6.92 Å². The number of amides is 2. The van der Waals surface area contributed by atoms with Gasteiger partial charge in [0.05, 0.1) is 0 Å². The molecule has 1 aromatic rings. The van der Waals surface area contributed by atoms with Gasteiger partial charge in [-0.25, -0.2) is 0 Å². The Hall–Kier alpha value is -1.91. The first-order valence-electron chi connectivity index (χ1n) is 5.48. The largest absolute Gasteiger partial charge is 0.344 e. The molecule has 17 heavy (non-hydrogen) atoms.